The number of aromatic nitrogens is 1. The molecule has 2 heterocycles. The Morgan fingerprint density at radius 2 is 2.03 bits per heavy atom. The monoisotopic (exact) mass is 403 g/mol. The summed E-state index contributed by atoms with van der Waals surface area (Å²) in [6.07, 6.45) is -1.07. The lowest BCUT2D eigenvalue weighted by atomic mass is 9.86. The van der Waals surface area contributed by atoms with Crippen molar-refractivity contribution < 1.29 is 28.6 Å². The number of methoxy groups -OCH3 is 1. The first-order chi connectivity index (χ1) is 13.7. The summed E-state index contributed by atoms with van der Waals surface area (Å²) in [4.78, 5) is 29.7. The van der Waals surface area contributed by atoms with Gasteiger partial charge in [0.1, 0.15) is 11.5 Å². The molecule has 3 rings (SSSR count). The van der Waals surface area contributed by atoms with E-state index in [4.69, 9.17) is 15.2 Å². The lowest BCUT2D eigenvalue weighted by Gasteiger charge is -2.47. The molecule has 2 aromatic rings. The Hall–Kier alpha value is -3.20. The van der Waals surface area contributed by atoms with Crippen molar-refractivity contribution in [2.24, 2.45) is 5.73 Å². The van der Waals surface area contributed by atoms with Crippen molar-refractivity contribution in [3.05, 3.63) is 53.5 Å². The van der Waals surface area contributed by atoms with Crippen LogP contribution in [0.2, 0.25) is 0 Å². The highest BCUT2D eigenvalue weighted by atomic mass is 19.1. The van der Waals surface area contributed by atoms with Crippen LogP contribution in [0.5, 0.6) is 5.88 Å². The molecular formula is C20H22FN3O5. The van der Waals surface area contributed by atoms with Gasteiger partial charge in [-0.3, -0.25) is 9.69 Å². The minimum Gasteiger partial charge on any atom is -0.467 e. The highest BCUT2D eigenvalue weighted by Crippen LogP contribution is 2.42. The summed E-state index contributed by atoms with van der Waals surface area (Å²) in [6, 6.07) is 7.52. The van der Waals surface area contributed by atoms with Gasteiger partial charge in [-0.15, -0.1) is 0 Å². The molecule has 9 heteroatoms. The summed E-state index contributed by atoms with van der Waals surface area (Å²) in [6.45, 7) is 3.05. The number of carbonyl (C=O) groups is 2. The topological polar surface area (TPSA) is 115 Å². The number of hydrogen-bond acceptors (Lipinski definition) is 5. The number of rotatable bonds is 5. The predicted molar refractivity (Wildman–Crippen MR) is 102 cm³/mol. The summed E-state index contributed by atoms with van der Waals surface area (Å²) >= 11 is 0. The van der Waals surface area contributed by atoms with Crippen molar-refractivity contribution in [2.45, 2.75) is 38.0 Å². The number of anilines is 1. The number of nitrogens with two attached hydrogens (primary N) is 1. The molecule has 3 N–H and O–H groups in total. The van der Waals surface area contributed by atoms with E-state index in [1.807, 2.05) is 0 Å². The zero-order valence-corrected chi connectivity index (χ0v) is 16.3. The number of hydrogen-bond donors (Lipinski definition) is 2. The highest BCUT2D eigenvalue weighted by molar-refractivity contribution is 6.01. The molecular weight excluding hydrogens is 381 g/mol. The zero-order valence-electron chi connectivity index (χ0n) is 16.3. The quantitative estimate of drug-likeness (QED) is 0.792. The average Bonchev–Trinajstić information content (AvgIpc) is 2.68. The summed E-state index contributed by atoms with van der Waals surface area (Å²) in [5.74, 6) is -1.16. The standard InChI is InChI=1S/C20H22FN3O5/c1-11(28-3)16-20(2,18(22)25)24(19(26)27)15-9-13(10-23-17(15)29-16)8-12-4-6-14(21)7-5-12/h4-7,9-11,16H,8H2,1-3H3,(H2,22,25)(H,26,27). The maximum Gasteiger partial charge on any atom is 0.413 e. The molecule has 8 nitrogen and oxygen atoms in total. The van der Waals surface area contributed by atoms with E-state index in [1.54, 1.807) is 31.3 Å². The number of amides is 2. The first kappa shape index (κ1) is 20.5. The Balaban J connectivity index is 2.08. The van der Waals surface area contributed by atoms with Gasteiger partial charge in [-0.05, 0) is 49.6 Å². The Morgan fingerprint density at radius 1 is 1.38 bits per heavy atom. The third-order valence-electron chi connectivity index (χ3n) is 5.20. The number of nitrogens with zero attached hydrogens (tertiary/aromatic N) is 2. The molecule has 0 radical (unpaired) electrons. The summed E-state index contributed by atoms with van der Waals surface area (Å²) in [7, 11) is 1.43. The Labute approximate surface area is 167 Å². The van der Waals surface area contributed by atoms with E-state index in [2.05, 4.69) is 4.98 Å². The Morgan fingerprint density at radius 3 is 2.59 bits per heavy atom. The van der Waals surface area contributed by atoms with Crippen molar-refractivity contribution in [3.8, 4) is 5.88 Å². The van der Waals surface area contributed by atoms with Crippen LogP contribution in [0.1, 0.15) is 25.0 Å². The highest BCUT2D eigenvalue weighted by Gasteiger charge is 2.56. The lowest BCUT2D eigenvalue weighted by Crippen LogP contribution is -2.70. The zero-order chi connectivity index (χ0) is 21.3. The largest absolute Gasteiger partial charge is 0.467 e. The van der Waals surface area contributed by atoms with E-state index in [-0.39, 0.29) is 17.4 Å². The number of carboxylic acid groups (broad SMARTS) is 1. The van der Waals surface area contributed by atoms with E-state index in [1.165, 1.54) is 26.2 Å². The van der Waals surface area contributed by atoms with Crippen LogP contribution in [0, 0.1) is 5.82 Å². The van der Waals surface area contributed by atoms with Crippen molar-refractivity contribution >= 4 is 17.7 Å². The molecule has 1 aliphatic rings. The molecule has 2 amide bonds. The molecule has 0 saturated carbocycles. The normalized spacial score (nSPS) is 21.8. The van der Waals surface area contributed by atoms with Crippen LogP contribution in [0.15, 0.2) is 36.5 Å². The molecule has 0 fully saturated rings. The molecule has 0 spiro atoms. The van der Waals surface area contributed by atoms with Gasteiger partial charge < -0.3 is 20.3 Å². The number of fused-ring (bicyclic) bond motifs is 1. The average molecular weight is 403 g/mol. The fourth-order valence-electron chi connectivity index (χ4n) is 3.51. The maximum atomic E-state index is 13.1. The number of primary amides is 1. The van der Waals surface area contributed by atoms with Gasteiger partial charge in [0.15, 0.2) is 11.6 Å². The smallest absolute Gasteiger partial charge is 0.413 e. The molecule has 1 aliphatic heterocycles. The van der Waals surface area contributed by atoms with E-state index in [0.29, 0.717) is 12.0 Å². The van der Waals surface area contributed by atoms with Crippen LogP contribution in [0.3, 0.4) is 0 Å². The van der Waals surface area contributed by atoms with Crippen LogP contribution >= 0.6 is 0 Å². The first-order valence-corrected chi connectivity index (χ1v) is 8.94. The molecule has 1 aromatic heterocycles. The first-order valence-electron chi connectivity index (χ1n) is 8.94. The minimum absolute atomic E-state index is 0.0582. The van der Waals surface area contributed by atoms with Gasteiger partial charge in [0.05, 0.1) is 6.10 Å². The third kappa shape index (κ3) is 3.61. The molecule has 1 aromatic carbocycles. The van der Waals surface area contributed by atoms with Crippen LogP contribution in [0.25, 0.3) is 0 Å². The second-order valence-electron chi connectivity index (χ2n) is 7.08. The van der Waals surface area contributed by atoms with Crippen molar-refractivity contribution in [1.82, 2.24) is 4.98 Å². The molecule has 0 aliphatic carbocycles. The second-order valence-corrected chi connectivity index (χ2v) is 7.08. The number of halogens is 1. The Bertz CT molecular complexity index is 936. The van der Waals surface area contributed by atoms with E-state index < -0.39 is 29.7 Å². The van der Waals surface area contributed by atoms with Gasteiger partial charge in [0.2, 0.25) is 11.8 Å². The van der Waals surface area contributed by atoms with E-state index in [0.717, 1.165) is 10.5 Å². The van der Waals surface area contributed by atoms with Crippen LogP contribution < -0.4 is 15.4 Å². The number of benzene rings is 1. The maximum absolute atomic E-state index is 13.1. The van der Waals surface area contributed by atoms with Crippen molar-refractivity contribution in [2.75, 3.05) is 12.0 Å². The lowest BCUT2D eigenvalue weighted by molar-refractivity contribution is -0.130. The van der Waals surface area contributed by atoms with E-state index in [9.17, 15) is 19.1 Å². The van der Waals surface area contributed by atoms with Gasteiger partial charge >= 0.3 is 6.09 Å². The van der Waals surface area contributed by atoms with Gasteiger partial charge in [0.25, 0.3) is 0 Å². The van der Waals surface area contributed by atoms with E-state index >= 15 is 0 Å². The minimum atomic E-state index is -1.72. The number of pyridine rings is 1. The molecule has 3 atom stereocenters. The fraction of sp³-hybridized carbons (Fsp3) is 0.350. The van der Waals surface area contributed by atoms with Gasteiger partial charge in [-0.1, -0.05) is 12.1 Å². The van der Waals surface area contributed by atoms with Crippen molar-refractivity contribution in [1.29, 1.82) is 0 Å². The number of carbonyl (C=O) groups excluding carboxylic acids is 1. The van der Waals surface area contributed by atoms with Gasteiger partial charge in [-0.2, -0.15) is 0 Å². The van der Waals surface area contributed by atoms with Crippen LogP contribution in [-0.2, 0) is 16.0 Å². The Kier molecular flexibility index (Phi) is 5.43. The molecule has 29 heavy (non-hydrogen) atoms. The predicted octanol–water partition coefficient (Wildman–Crippen LogP) is 2.34. The summed E-state index contributed by atoms with van der Waals surface area (Å²) in [5.41, 5.74) is 5.48. The summed E-state index contributed by atoms with van der Waals surface area (Å²) in [5, 5.41) is 9.91. The van der Waals surface area contributed by atoms with Crippen molar-refractivity contribution in [3.63, 3.8) is 0 Å². The molecule has 0 saturated heterocycles. The second kappa shape index (κ2) is 7.67. The van der Waals surface area contributed by atoms with Gasteiger partial charge in [-0.25, -0.2) is 14.2 Å². The third-order valence-corrected chi connectivity index (χ3v) is 5.20. The molecule has 0 bridgehead atoms. The molecule has 3 unspecified atom stereocenters. The van der Waals surface area contributed by atoms with Crippen LogP contribution in [0.4, 0.5) is 14.9 Å². The fourth-order valence-corrected chi connectivity index (χ4v) is 3.51. The van der Waals surface area contributed by atoms with Crippen LogP contribution in [-0.4, -0.2) is 46.9 Å². The van der Waals surface area contributed by atoms with Gasteiger partial charge in [0, 0.05) is 13.3 Å². The summed E-state index contributed by atoms with van der Waals surface area (Å²) < 4.78 is 24.3. The molecule has 154 valence electrons. The SMILES string of the molecule is COC(C)C1Oc2ncc(Cc3ccc(F)cc3)cc2N(C(=O)O)C1(C)C(N)=O. The number of ether oxygens (including phenoxy) is 2.